The third-order valence-electron chi connectivity index (χ3n) is 7.30. The number of hydrogen-bond acceptors (Lipinski definition) is 4. The van der Waals surface area contributed by atoms with Gasteiger partial charge in [0.25, 0.3) is 0 Å². The number of rotatable bonds is 6. The smallest absolute Gasteiger partial charge is 0.467 e. The van der Waals surface area contributed by atoms with Gasteiger partial charge in [0.15, 0.2) is 6.10 Å². The van der Waals surface area contributed by atoms with Gasteiger partial charge in [-0.3, -0.25) is 4.79 Å². The van der Waals surface area contributed by atoms with E-state index in [9.17, 15) is 22.8 Å². The molecule has 0 saturated heterocycles. The van der Waals surface area contributed by atoms with Crippen LogP contribution in [-0.4, -0.2) is 37.8 Å². The van der Waals surface area contributed by atoms with Crippen LogP contribution in [0, 0.1) is 38.2 Å². The summed E-state index contributed by atoms with van der Waals surface area (Å²) in [5, 5.41) is 0. The molecule has 0 bridgehead atoms. The number of benzene rings is 3. The molecule has 0 aliphatic carbocycles. The maximum Gasteiger partial charge on any atom is 0.471 e. The molecule has 0 aliphatic rings. The van der Waals surface area contributed by atoms with Crippen LogP contribution in [0.2, 0.25) is 0 Å². The second kappa shape index (κ2) is 12.4. The number of carbonyl (C=O) groups excluding carboxylic acids is 2. The van der Waals surface area contributed by atoms with E-state index in [4.69, 9.17) is 9.47 Å². The number of anilines is 1. The average Bonchev–Trinajstić information content (AvgIpc) is 2.89. The maximum absolute atomic E-state index is 13.9. The summed E-state index contributed by atoms with van der Waals surface area (Å²) in [6.07, 6.45) is -6.41. The third kappa shape index (κ3) is 6.83. The molecule has 1 unspecified atom stereocenters. The molecule has 0 saturated carbocycles. The Kier molecular flexibility index (Phi) is 9.88. The Morgan fingerprint density at radius 1 is 0.833 bits per heavy atom. The van der Waals surface area contributed by atoms with E-state index in [1.165, 1.54) is 7.11 Å². The zero-order chi connectivity index (χ0) is 31.9. The topological polar surface area (TPSA) is 55.8 Å². The third-order valence-corrected chi connectivity index (χ3v) is 8.47. The van der Waals surface area contributed by atoms with Crippen LogP contribution >= 0.6 is 22.6 Å². The molecule has 0 N–H and O–H groups in total. The van der Waals surface area contributed by atoms with Crippen LogP contribution in [0.25, 0.3) is 22.3 Å². The highest BCUT2D eigenvalue weighted by Gasteiger charge is 2.44. The number of alkyl halides is 3. The number of ether oxygens (including phenoxy) is 2. The summed E-state index contributed by atoms with van der Waals surface area (Å²) in [6, 6.07) is 11.5. The summed E-state index contributed by atoms with van der Waals surface area (Å²) in [7, 11) is 2.35. The quantitative estimate of drug-likeness (QED) is 0.191. The minimum Gasteiger partial charge on any atom is -0.467 e. The molecular formula is C33H37F3INO4. The number of aryl methyl sites for hydroxylation is 3. The lowest BCUT2D eigenvalue weighted by atomic mass is 9.81. The van der Waals surface area contributed by atoms with Crippen molar-refractivity contribution in [2.45, 2.75) is 73.3 Å². The number of halogens is 4. The molecule has 3 aromatic rings. The van der Waals surface area contributed by atoms with E-state index in [1.807, 2.05) is 57.2 Å². The molecule has 3 aromatic carbocycles. The number of esters is 1. The van der Waals surface area contributed by atoms with Crippen molar-refractivity contribution in [2.24, 2.45) is 0 Å². The number of nitrogens with zero attached hydrogens (tertiary/aromatic N) is 1. The molecule has 9 heteroatoms. The molecule has 0 radical (unpaired) electrons. The largest absolute Gasteiger partial charge is 0.471 e. The summed E-state index contributed by atoms with van der Waals surface area (Å²) >= 11 is 2.18. The lowest BCUT2D eigenvalue weighted by Gasteiger charge is -2.34. The first-order chi connectivity index (χ1) is 19.3. The Hall–Kier alpha value is -2.92. The Balaban J connectivity index is 2.65. The predicted octanol–water partition coefficient (Wildman–Crippen LogP) is 8.72. The van der Waals surface area contributed by atoms with Crippen LogP contribution in [0.5, 0.6) is 0 Å². The van der Waals surface area contributed by atoms with E-state index < -0.39 is 29.8 Å². The molecule has 5 nitrogen and oxygen atoms in total. The van der Waals surface area contributed by atoms with E-state index in [1.54, 1.807) is 34.6 Å². The van der Waals surface area contributed by atoms with Crippen molar-refractivity contribution in [2.75, 3.05) is 19.1 Å². The Morgan fingerprint density at radius 2 is 1.38 bits per heavy atom. The summed E-state index contributed by atoms with van der Waals surface area (Å²) in [5.41, 5.74) is 6.05. The minimum absolute atomic E-state index is 0.0449. The van der Waals surface area contributed by atoms with E-state index in [0.29, 0.717) is 38.3 Å². The number of carbonyl (C=O) groups is 2. The molecule has 3 rings (SSSR count). The zero-order valence-corrected chi connectivity index (χ0v) is 27.8. The van der Waals surface area contributed by atoms with Gasteiger partial charge in [0, 0.05) is 21.7 Å². The Bertz CT molecular complexity index is 1540. The molecule has 0 aromatic heterocycles. The van der Waals surface area contributed by atoms with Crippen molar-refractivity contribution in [1.29, 1.82) is 0 Å². The average molecular weight is 696 g/mol. The van der Waals surface area contributed by atoms with Crippen LogP contribution in [0.15, 0.2) is 36.4 Å². The zero-order valence-electron chi connectivity index (χ0n) is 25.6. The number of hydrogen-bond donors (Lipinski definition) is 0. The van der Waals surface area contributed by atoms with Gasteiger partial charge in [-0.2, -0.15) is 13.2 Å². The van der Waals surface area contributed by atoms with E-state index in [-0.39, 0.29) is 5.69 Å². The van der Waals surface area contributed by atoms with Crippen LogP contribution in [0.3, 0.4) is 0 Å². The highest BCUT2D eigenvalue weighted by Crippen LogP contribution is 2.49. The maximum atomic E-state index is 13.9. The summed E-state index contributed by atoms with van der Waals surface area (Å²) in [6.45, 7) is 14.7. The number of amides is 1. The number of methoxy groups -OCH3 is 1. The molecule has 0 spiro atoms. The Labute approximate surface area is 259 Å². The van der Waals surface area contributed by atoms with Crippen molar-refractivity contribution in [3.8, 4) is 22.3 Å². The van der Waals surface area contributed by atoms with Crippen LogP contribution in [0.4, 0.5) is 18.9 Å². The highest BCUT2D eigenvalue weighted by molar-refractivity contribution is 14.1. The highest BCUT2D eigenvalue weighted by atomic mass is 127. The molecule has 0 aliphatic heterocycles. The molecule has 42 heavy (non-hydrogen) atoms. The molecule has 1 atom stereocenters. The van der Waals surface area contributed by atoms with Gasteiger partial charge in [0.1, 0.15) is 0 Å². The predicted molar refractivity (Wildman–Crippen MR) is 169 cm³/mol. The van der Waals surface area contributed by atoms with Crippen molar-refractivity contribution < 1.29 is 32.2 Å². The second-order valence-electron chi connectivity index (χ2n) is 11.5. The van der Waals surface area contributed by atoms with Gasteiger partial charge >= 0.3 is 18.1 Å². The SMILES string of the molecule is COC(=O)C(OC(C)(C)C)c1c(C)c(N(C)C(=O)C(F)(F)F)c(-c2ccc(C)c(I)c2)c(C)c1-c1ccc(C)c(C)c1. The van der Waals surface area contributed by atoms with Crippen molar-refractivity contribution >= 4 is 40.2 Å². The van der Waals surface area contributed by atoms with E-state index in [0.717, 1.165) is 32.9 Å². The summed E-state index contributed by atoms with van der Waals surface area (Å²) in [5.74, 6) is -2.73. The standard InChI is InChI=1S/C33H37F3INO4/c1-17-11-13-22(15-19(17)3)25-20(4)26(23-14-12-18(2)24(37)16-23)28(38(9)31(40)33(34,35)36)21(5)27(25)29(30(39)41-10)42-32(6,7)8/h11-16,29H,1-10H3. The minimum atomic E-state index is -5.12. The lowest BCUT2D eigenvalue weighted by Crippen LogP contribution is -2.39. The van der Waals surface area contributed by atoms with Gasteiger partial charge in [-0.15, -0.1) is 0 Å². The normalized spacial score (nSPS) is 12.7. The van der Waals surface area contributed by atoms with Crippen LogP contribution < -0.4 is 4.90 Å². The summed E-state index contributed by atoms with van der Waals surface area (Å²) in [4.78, 5) is 26.7. The second-order valence-corrected chi connectivity index (χ2v) is 12.7. The molecule has 0 fully saturated rings. The van der Waals surface area contributed by atoms with Gasteiger partial charge in [-0.25, -0.2) is 4.79 Å². The molecule has 1 amide bonds. The fourth-order valence-corrected chi connectivity index (χ4v) is 5.62. The molecule has 0 heterocycles. The first-order valence-corrected chi connectivity index (χ1v) is 14.5. The van der Waals surface area contributed by atoms with E-state index in [2.05, 4.69) is 22.6 Å². The van der Waals surface area contributed by atoms with Crippen molar-refractivity contribution in [1.82, 2.24) is 0 Å². The molecular weight excluding hydrogens is 658 g/mol. The van der Waals surface area contributed by atoms with E-state index >= 15 is 0 Å². The Morgan fingerprint density at radius 3 is 1.86 bits per heavy atom. The van der Waals surface area contributed by atoms with Gasteiger partial charge in [0.2, 0.25) is 0 Å². The van der Waals surface area contributed by atoms with Gasteiger partial charge < -0.3 is 14.4 Å². The monoisotopic (exact) mass is 695 g/mol. The van der Waals surface area contributed by atoms with Gasteiger partial charge in [-0.1, -0.05) is 30.3 Å². The van der Waals surface area contributed by atoms with Crippen LogP contribution in [-0.2, 0) is 19.1 Å². The first kappa shape index (κ1) is 33.6. The van der Waals surface area contributed by atoms with Gasteiger partial charge in [-0.05, 0) is 129 Å². The lowest BCUT2D eigenvalue weighted by molar-refractivity contribution is -0.170. The van der Waals surface area contributed by atoms with Crippen LogP contribution in [0.1, 0.15) is 60.3 Å². The fourth-order valence-electron chi connectivity index (χ4n) is 5.10. The fraction of sp³-hybridized carbons (Fsp3) is 0.394. The van der Waals surface area contributed by atoms with Crippen molar-refractivity contribution in [3.63, 3.8) is 0 Å². The summed E-state index contributed by atoms with van der Waals surface area (Å²) < 4.78 is 54.0. The first-order valence-electron chi connectivity index (χ1n) is 13.4. The van der Waals surface area contributed by atoms with Gasteiger partial charge in [0.05, 0.1) is 18.4 Å². The molecule has 226 valence electrons. The van der Waals surface area contributed by atoms with Crippen molar-refractivity contribution in [3.05, 3.63) is 73.3 Å².